The van der Waals surface area contributed by atoms with E-state index < -0.39 is 0 Å². The molecule has 2 heterocycles. The number of carbonyl (C=O) groups is 1. The van der Waals surface area contributed by atoms with Crippen molar-refractivity contribution < 1.29 is 9.18 Å². The van der Waals surface area contributed by atoms with Crippen LogP contribution in [0.4, 0.5) is 4.39 Å². The number of likely N-dealkylation sites (tertiary alicyclic amines) is 1. The standard InChI is InChI=1S/C21H23FN4O/c1-14(27)26-12-10-16(13-26)18-7-8-20(15-3-5-17(22)6-4-15)25-21(18)19(23)9-11-24-2/h3-9,11,16H,10,12-13,23H2,1-2H3/b19-9-,24-11?. The molecule has 1 aromatic carbocycles. The maximum Gasteiger partial charge on any atom is 0.219 e. The summed E-state index contributed by atoms with van der Waals surface area (Å²) in [5.74, 6) is -0.0230. The maximum atomic E-state index is 13.2. The average molecular weight is 366 g/mol. The number of amides is 1. The first-order valence-corrected chi connectivity index (χ1v) is 8.90. The Labute approximate surface area is 158 Å². The minimum absolute atomic E-state index is 0.0802. The summed E-state index contributed by atoms with van der Waals surface area (Å²) in [5, 5.41) is 0. The van der Waals surface area contributed by atoms with E-state index in [-0.39, 0.29) is 17.6 Å². The molecule has 27 heavy (non-hydrogen) atoms. The lowest BCUT2D eigenvalue weighted by molar-refractivity contribution is -0.127. The fraction of sp³-hybridized carbons (Fsp3) is 0.286. The van der Waals surface area contributed by atoms with E-state index in [0.29, 0.717) is 17.9 Å². The Bertz CT molecular complexity index is 890. The molecule has 0 aliphatic carbocycles. The van der Waals surface area contributed by atoms with Gasteiger partial charge in [-0.15, -0.1) is 0 Å². The van der Waals surface area contributed by atoms with E-state index in [4.69, 9.17) is 10.7 Å². The predicted octanol–water partition coefficient (Wildman–Crippen LogP) is 3.22. The van der Waals surface area contributed by atoms with Crippen molar-refractivity contribution in [3.05, 3.63) is 59.5 Å². The van der Waals surface area contributed by atoms with Crippen molar-refractivity contribution in [1.29, 1.82) is 0 Å². The number of benzene rings is 1. The number of hydrogen-bond acceptors (Lipinski definition) is 4. The molecule has 1 atom stereocenters. The molecule has 1 amide bonds. The summed E-state index contributed by atoms with van der Waals surface area (Å²) in [7, 11) is 1.68. The van der Waals surface area contributed by atoms with E-state index in [2.05, 4.69) is 4.99 Å². The first-order chi connectivity index (χ1) is 13.0. The highest BCUT2D eigenvalue weighted by atomic mass is 19.1. The van der Waals surface area contributed by atoms with Crippen molar-refractivity contribution in [2.45, 2.75) is 19.3 Å². The van der Waals surface area contributed by atoms with Gasteiger partial charge in [0.25, 0.3) is 0 Å². The van der Waals surface area contributed by atoms with Crippen LogP contribution in [0.25, 0.3) is 17.0 Å². The van der Waals surface area contributed by atoms with E-state index in [9.17, 15) is 9.18 Å². The van der Waals surface area contributed by atoms with Crippen LogP contribution in [0.15, 0.2) is 47.5 Å². The molecule has 3 rings (SSSR count). The molecule has 140 valence electrons. The third kappa shape index (κ3) is 4.22. The van der Waals surface area contributed by atoms with Crippen LogP contribution in [-0.2, 0) is 4.79 Å². The molecule has 1 unspecified atom stereocenters. The smallest absolute Gasteiger partial charge is 0.219 e. The van der Waals surface area contributed by atoms with Gasteiger partial charge in [0, 0.05) is 44.8 Å². The monoisotopic (exact) mass is 366 g/mol. The van der Waals surface area contributed by atoms with Crippen molar-refractivity contribution in [3.8, 4) is 11.3 Å². The zero-order valence-corrected chi connectivity index (χ0v) is 15.5. The van der Waals surface area contributed by atoms with Crippen LogP contribution in [-0.4, -0.2) is 42.1 Å². The van der Waals surface area contributed by atoms with Gasteiger partial charge in [-0.2, -0.15) is 0 Å². The van der Waals surface area contributed by atoms with Gasteiger partial charge >= 0.3 is 0 Å². The topological polar surface area (TPSA) is 71.6 Å². The van der Waals surface area contributed by atoms with Crippen LogP contribution in [0, 0.1) is 5.82 Å². The van der Waals surface area contributed by atoms with Crippen molar-refractivity contribution in [1.82, 2.24) is 9.88 Å². The molecular weight excluding hydrogens is 343 g/mol. The molecule has 0 saturated carbocycles. The molecule has 1 fully saturated rings. The van der Waals surface area contributed by atoms with Gasteiger partial charge in [0.1, 0.15) is 5.82 Å². The highest BCUT2D eigenvalue weighted by Crippen LogP contribution is 2.32. The van der Waals surface area contributed by atoms with Crippen LogP contribution >= 0.6 is 0 Å². The second-order valence-corrected chi connectivity index (χ2v) is 6.62. The Kier molecular flexibility index (Phi) is 5.64. The molecule has 1 aliphatic heterocycles. The Balaban J connectivity index is 2.02. The number of allylic oxidation sites excluding steroid dienone is 1. The summed E-state index contributed by atoms with van der Waals surface area (Å²) < 4.78 is 13.2. The fourth-order valence-electron chi connectivity index (χ4n) is 3.35. The van der Waals surface area contributed by atoms with Gasteiger partial charge in [-0.3, -0.25) is 9.79 Å². The van der Waals surface area contributed by atoms with Gasteiger partial charge in [0.15, 0.2) is 0 Å². The molecule has 0 spiro atoms. The Morgan fingerprint density at radius 2 is 2.04 bits per heavy atom. The summed E-state index contributed by atoms with van der Waals surface area (Å²) in [6, 6.07) is 10.1. The summed E-state index contributed by atoms with van der Waals surface area (Å²) in [6.45, 7) is 2.99. The summed E-state index contributed by atoms with van der Waals surface area (Å²) in [4.78, 5) is 22.2. The summed E-state index contributed by atoms with van der Waals surface area (Å²) in [6.07, 6.45) is 4.22. The normalized spacial score (nSPS) is 17.7. The number of carbonyl (C=O) groups excluding carboxylic acids is 1. The molecule has 2 aromatic rings. The molecule has 6 heteroatoms. The quantitative estimate of drug-likeness (QED) is 0.845. The number of aliphatic imine (C=N–C) groups is 1. The van der Waals surface area contributed by atoms with E-state index in [0.717, 1.165) is 29.8 Å². The van der Waals surface area contributed by atoms with Crippen LogP contribution < -0.4 is 5.73 Å². The number of halogens is 1. The second kappa shape index (κ2) is 8.12. The molecule has 1 aromatic heterocycles. The Morgan fingerprint density at radius 3 is 2.67 bits per heavy atom. The first kappa shape index (κ1) is 18.8. The van der Waals surface area contributed by atoms with Crippen LogP contribution in [0.1, 0.15) is 30.5 Å². The lowest BCUT2D eigenvalue weighted by atomic mass is 9.94. The van der Waals surface area contributed by atoms with E-state index in [1.807, 2.05) is 17.0 Å². The molecular formula is C21H23FN4O. The number of nitrogens with two attached hydrogens (primary N) is 1. The minimum Gasteiger partial charge on any atom is -0.397 e. The zero-order chi connectivity index (χ0) is 19.4. The first-order valence-electron chi connectivity index (χ1n) is 8.90. The molecule has 2 N–H and O–H groups in total. The van der Waals surface area contributed by atoms with Gasteiger partial charge in [-0.25, -0.2) is 9.37 Å². The van der Waals surface area contributed by atoms with Crippen molar-refractivity contribution in [2.24, 2.45) is 10.7 Å². The van der Waals surface area contributed by atoms with Crippen molar-refractivity contribution in [2.75, 3.05) is 20.1 Å². The predicted molar refractivity (Wildman–Crippen MR) is 106 cm³/mol. The van der Waals surface area contributed by atoms with Gasteiger partial charge in [0.2, 0.25) is 5.91 Å². The van der Waals surface area contributed by atoms with Crippen molar-refractivity contribution in [3.63, 3.8) is 0 Å². The van der Waals surface area contributed by atoms with Crippen LogP contribution in [0.2, 0.25) is 0 Å². The lowest BCUT2D eigenvalue weighted by Crippen LogP contribution is -2.25. The third-order valence-electron chi connectivity index (χ3n) is 4.82. The Morgan fingerprint density at radius 1 is 1.30 bits per heavy atom. The number of aromatic nitrogens is 1. The zero-order valence-electron chi connectivity index (χ0n) is 15.5. The fourth-order valence-corrected chi connectivity index (χ4v) is 3.35. The van der Waals surface area contributed by atoms with Gasteiger partial charge < -0.3 is 10.6 Å². The molecule has 1 aliphatic rings. The molecule has 0 radical (unpaired) electrons. The maximum absolute atomic E-state index is 13.2. The number of pyridine rings is 1. The molecule has 1 saturated heterocycles. The molecule has 0 bridgehead atoms. The lowest BCUT2D eigenvalue weighted by Gasteiger charge is -2.17. The van der Waals surface area contributed by atoms with E-state index >= 15 is 0 Å². The average Bonchev–Trinajstić information content (AvgIpc) is 3.16. The third-order valence-corrected chi connectivity index (χ3v) is 4.82. The highest BCUT2D eigenvalue weighted by molar-refractivity contribution is 5.83. The SMILES string of the molecule is CN=C/C=C(\N)c1nc(-c2ccc(F)cc2)ccc1C1CCN(C(C)=O)C1. The Hall–Kier alpha value is -3.02. The molecule has 5 nitrogen and oxygen atoms in total. The van der Waals surface area contributed by atoms with Gasteiger partial charge in [-0.1, -0.05) is 6.07 Å². The van der Waals surface area contributed by atoms with Gasteiger partial charge in [-0.05, 0) is 48.4 Å². The number of rotatable bonds is 4. The van der Waals surface area contributed by atoms with E-state index in [1.165, 1.54) is 12.1 Å². The number of nitrogens with zero attached hydrogens (tertiary/aromatic N) is 3. The van der Waals surface area contributed by atoms with E-state index in [1.54, 1.807) is 38.4 Å². The second-order valence-electron chi connectivity index (χ2n) is 6.62. The number of hydrogen-bond donors (Lipinski definition) is 1. The van der Waals surface area contributed by atoms with Crippen LogP contribution in [0.3, 0.4) is 0 Å². The van der Waals surface area contributed by atoms with Gasteiger partial charge in [0.05, 0.1) is 17.1 Å². The van der Waals surface area contributed by atoms with Crippen molar-refractivity contribution >= 4 is 17.8 Å². The largest absolute Gasteiger partial charge is 0.397 e. The minimum atomic E-state index is -0.288. The van der Waals surface area contributed by atoms with Crippen LogP contribution in [0.5, 0.6) is 0 Å². The summed E-state index contributed by atoms with van der Waals surface area (Å²) >= 11 is 0. The summed E-state index contributed by atoms with van der Waals surface area (Å²) in [5.41, 5.74) is 10.0. The highest BCUT2D eigenvalue weighted by Gasteiger charge is 2.28.